The van der Waals surface area contributed by atoms with E-state index < -0.39 is 6.61 Å². The molecule has 2 rings (SSSR count). The average molecular weight is 352 g/mol. The first-order chi connectivity index (χ1) is 11.5. The molecule has 0 spiro atoms. The summed E-state index contributed by atoms with van der Waals surface area (Å²) in [7, 11) is 0. The van der Waals surface area contributed by atoms with E-state index in [1.54, 1.807) is 19.1 Å². The lowest BCUT2D eigenvalue weighted by atomic mass is 10.2. The van der Waals surface area contributed by atoms with Gasteiger partial charge in [0.1, 0.15) is 11.5 Å². The molecule has 2 aromatic rings. The summed E-state index contributed by atoms with van der Waals surface area (Å²) < 4.78 is 35.1. The van der Waals surface area contributed by atoms with Crippen LogP contribution in [0.25, 0.3) is 0 Å². The Bertz CT molecular complexity index is 711. The van der Waals surface area contributed by atoms with Crippen LogP contribution in [0.1, 0.15) is 12.5 Å². The van der Waals surface area contributed by atoms with Gasteiger partial charge in [-0.2, -0.15) is 8.78 Å². The van der Waals surface area contributed by atoms with Crippen molar-refractivity contribution in [3.63, 3.8) is 0 Å². The van der Waals surface area contributed by atoms with Crippen LogP contribution in [-0.2, 0) is 0 Å². The lowest BCUT2D eigenvalue weighted by Crippen LogP contribution is -2.20. The number of halogens is 2. The summed E-state index contributed by atoms with van der Waals surface area (Å²) >= 11 is 5.25. The number of benzene rings is 2. The molecule has 0 saturated heterocycles. The number of anilines is 2. The molecule has 0 aromatic heterocycles. The standard InChI is InChI=1S/C17H18F2N2O2S/c1-3-22-14-7-5-4-6-12(14)20-17(24)21-13-9-8-11(2)10-15(13)23-16(18)19/h4-10,16H,3H2,1-2H3,(H2,20,21,24). The summed E-state index contributed by atoms with van der Waals surface area (Å²) in [6.07, 6.45) is 0. The Balaban J connectivity index is 2.13. The van der Waals surface area contributed by atoms with Crippen LogP contribution in [0.15, 0.2) is 42.5 Å². The Kier molecular flexibility index (Phi) is 6.31. The maximum absolute atomic E-state index is 12.5. The molecule has 2 N–H and O–H groups in total. The van der Waals surface area contributed by atoms with Crippen LogP contribution in [0.3, 0.4) is 0 Å². The number of para-hydroxylation sites is 2. The monoisotopic (exact) mass is 352 g/mol. The first kappa shape index (κ1) is 17.9. The minimum Gasteiger partial charge on any atom is -0.492 e. The van der Waals surface area contributed by atoms with Gasteiger partial charge < -0.3 is 20.1 Å². The van der Waals surface area contributed by atoms with Gasteiger partial charge in [-0.3, -0.25) is 0 Å². The summed E-state index contributed by atoms with van der Waals surface area (Å²) in [5.74, 6) is 0.685. The zero-order valence-electron chi connectivity index (χ0n) is 13.3. The molecule has 0 saturated carbocycles. The van der Waals surface area contributed by atoms with Gasteiger partial charge in [0.25, 0.3) is 0 Å². The summed E-state index contributed by atoms with van der Waals surface area (Å²) in [6.45, 7) is 1.28. The van der Waals surface area contributed by atoms with Crippen LogP contribution in [0, 0.1) is 6.92 Å². The van der Waals surface area contributed by atoms with E-state index >= 15 is 0 Å². The first-order valence-electron chi connectivity index (χ1n) is 7.35. The maximum atomic E-state index is 12.5. The van der Waals surface area contributed by atoms with Gasteiger partial charge >= 0.3 is 6.61 Å². The summed E-state index contributed by atoms with van der Waals surface area (Å²) in [5.41, 5.74) is 1.84. The van der Waals surface area contributed by atoms with Gasteiger partial charge in [-0.25, -0.2) is 0 Å². The van der Waals surface area contributed by atoms with Crippen molar-refractivity contribution >= 4 is 28.7 Å². The summed E-state index contributed by atoms with van der Waals surface area (Å²) in [5, 5.41) is 6.10. The third-order valence-corrected chi connectivity index (χ3v) is 3.24. The fraction of sp³-hybridized carbons (Fsp3) is 0.235. The minimum atomic E-state index is -2.91. The average Bonchev–Trinajstić information content (AvgIpc) is 2.51. The molecule has 7 heteroatoms. The zero-order chi connectivity index (χ0) is 17.5. The van der Waals surface area contributed by atoms with Gasteiger partial charge in [-0.15, -0.1) is 0 Å². The van der Waals surface area contributed by atoms with Crippen molar-refractivity contribution in [3.8, 4) is 11.5 Å². The van der Waals surface area contributed by atoms with Crippen molar-refractivity contribution in [2.45, 2.75) is 20.5 Å². The van der Waals surface area contributed by atoms with Gasteiger partial charge in [0.05, 0.1) is 18.0 Å². The number of hydrogen-bond acceptors (Lipinski definition) is 3. The second-order valence-electron chi connectivity index (χ2n) is 4.89. The predicted molar refractivity (Wildman–Crippen MR) is 95.3 cm³/mol. The number of hydrogen-bond donors (Lipinski definition) is 2. The normalized spacial score (nSPS) is 10.4. The minimum absolute atomic E-state index is 0.0345. The number of alkyl halides is 2. The number of rotatable bonds is 6. The van der Waals surface area contributed by atoms with E-state index in [0.29, 0.717) is 23.7 Å². The summed E-state index contributed by atoms with van der Waals surface area (Å²) in [6, 6.07) is 12.2. The Morgan fingerprint density at radius 2 is 1.75 bits per heavy atom. The van der Waals surface area contributed by atoms with Gasteiger partial charge in [0, 0.05) is 0 Å². The van der Waals surface area contributed by atoms with E-state index in [1.807, 2.05) is 31.2 Å². The van der Waals surface area contributed by atoms with Crippen LogP contribution in [0.5, 0.6) is 11.5 Å². The fourth-order valence-electron chi connectivity index (χ4n) is 2.05. The van der Waals surface area contributed by atoms with Crippen molar-refractivity contribution in [1.29, 1.82) is 0 Å². The third-order valence-electron chi connectivity index (χ3n) is 3.04. The number of nitrogens with one attached hydrogen (secondary N) is 2. The molecule has 0 atom stereocenters. The fourth-order valence-corrected chi connectivity index (χ4v) is 2.27. The highest BCUT2D eigenvalue weighted by Crippen LogP contribution is 2.28. The number of thiocarbonyl (C=S) groups is 1. The molecular weight excluding hydrogens is 334 g/mol. The quantitative estimate of drug-likeness (QED) is 0.731. The van der Waals surface area contributed by atoms with Crippen LogP contribution in [0.4, 0.5) is 20.2 Å². The predicted octanol–water partition coefficient (Wildman–Crippen LogP) is 4.80. The topological polar surface area (TPSA) is 42.5 Å². The maximum Gasteiger partial charge on any atom is 0.387 e. The molecular formula is C17H18F2N2O2S. The molecule has 2 aromatic carbocycles. The summed E-state index contributed by atoms with van der Waals surface area (Å²) in [4.78, 5) is 0. The van der Waals surface area contributed by atoms with Crippen LogP contribution in [0.2, 0.25) is 0 Å². The largest absolute Gasteiger partial charge is 0.492 e. The third kappa shape index (κ3) is 5.06. The van der Waals surface area contributed by atoms with Crippen molar-refractivity contribution in [2.24, 2.45) is 0 Å². The highest BCUT2D eigenvalue weighted by Gasteiger charge is 2.12. The molecule has 0 amide bonds. The van der Waals surface area contributed by atoms with Crippen LogP contribution >= 0.6 is 12.2 Å². The van der Waals surface area contributed by atoms with Crippen molar-refractivity contribution in [1.82, 2.24) is 0 Å². The zero-order valence-corrected chi connectivity index (χ0v) is 14.1. The molecule has 0 bridgehead atoms. The molecule has 4 nitrogen and oxygen atoms in total. The van der Waals surface area contributed by atoms with Crippen molar-refractivity contribution in [2.75, 3.05) is 17.2 Å². The molecule has 0 aliphatic heterocycles. The van der Waals surface area contributed by atoms with E-state index in [2.05, 4.69) is 15.4 Å². The molecule has 24 heavy (non-hydrogen) atoms. The van der Waals surface area contributed by atoms with Gasteiger partial charge in [0.15, 0.2) is 5.11 Å². The van der Waals surface area contributed by atoms with Crippen LogP contribution < -0.4 is 20.1 Å². The smallest absolute Gasteiger partial charge is 0.387 e. The van der Waals surface area contributed by atoms with E-state index in [9.17, 15) is 8.78 Å². The Labute approximate surface area is 144 Å². The second-order valence-corrected chi connectivity index (χ2v) is 5.29. The molecule has 128 valence electrons. The molecule has 0 heterocycles. The van der Waals surface area contributed by atoms with Gasteiger partial charge in [0.2, 0.25) is 0 Å². The highest BCUT2D eigenvalue weighted by atomic mass is 32.1. The molecule has 0 aliphatic rings. The van der Waals surface area contributed by atoms with Crippen LogP contribution in [-0.4, -0.2) is 18.3 Å². The Hall–Kier alpha value is -2.41. The van der Waals surface area contributed by atoms with Gasteiger partial charge in [-0.1, -0.05) is 18.2 Å². The SMILES string of the molecule is CCOc1ccccc1NC(=S)Nc1ccc(C)cc1OC(F)F. The van der Waals surface area contributed by atoms with E-state index in [-0.39, 0.29) is 10.9 Å². The van der Waals surface area contributed by atoms with E-state index in [0.717, 1.165) is 5.56 Å². The number of aryl methyl sites for hydroxylation is 1. The van der Waals surface area contributed by atoms with Crippen molar-refractivity contribution in [3.05, 3.63) is 48.0 Å². The highest BCUT2D eigenvalue weighted by molar-refractivity contribution is 7.80. The van der Waals surface area contributed by atoms with Gasteiger partial charge in [-0.05, 0) is 55.9 Å². The molecule has 0 radical (unpaired) electrons. The Morgan fingerprint density at radius 1 is 1.08 bits per heavy atom. The van der Waals surface area contributed by atoms with E-state index in [4.69, 9.17) is 17.0 Å². The number of ether oxygens (including phenoxy) is 2. The van der Waals surface area contributed by atoms with Crippen molar-refractivity contribution < 1.29 is 18.3 Å². The lowest BCUT2D eigenvalue weighted by molar-refractivity contribution is -0.0493. The first-order valence-corrected chi connectivity index (χ1v) is 7.75. The molecule has 0 fully saturated rings. The molecule has 0 aliphatic carbocycles. The Morgan fingerprint density at radius 3 is 2.42 bits per heavy atom. The molecule has 0 unspecified atom stereocenters. The lowest BCUT2D eigenvalue weighted by Gasteiger charge is -2.16. The second kappa shape index (κ2) is 8.44. The van der Waals surface area contributed by atoms with E-state index in [1.165, 1.54) is 6.07 Å².